The Hall–Kier alpha value is -2.49. The number of halogens is 2. The number of ether oxygens (including phenoxy) is 2. The monoisotopic (exact) mass is 502 g/mol. The molecule has 0 aliphatic rings. The number of carbonyl (C=O) groups is 2. The molecule has 174 valence electrons. The van der Waals surface area contributed by atoms with Crippen molar-refractivity contribution in [2.75, 3.05) is 36.1 Å². The van der Waals surface area contributed by atoms with Crippen molar-refractivity contribution in [2.45, 2.75) is 19.8 Å². The lowest BCUT2D eigenvalue weighted by Crippen LogP contribution is -2.31. The molecule has 0 unspecified atom stereocenters. The molecule has 2 aromatic rings. The standard InChI is InChI=1S/C21H24Cl2N2O6S/c1-4-31-21(27)16-9-7-14(12-17(16)22)24-20(26)6-5-11-25(32(3,28)29)15-8-10-19(30-2)18(23)13-15/h7-10,12-13H,4-6,11H2,1-3H3,(H,24,26). The zero-order chi connectivity index (χ0) is 23.9. The van der Waals surface area contributed by atoms with Crippen molar-refractivity contribution < 1.29 is 27.5 Å². The summed E-state index contributed by atoms with van der Waals surface area (Å²) < 4.78 is 35.6. The van der Waals surface area contributed by atoms with E-state index in [2.05, 4.69) is 5.32 Å². The minimum Gasteiger partial charge on any atom is -0.495 e. The maximum Gasteiger partial charge on any atom is 0.339 e. The Balaban J connectivity index is 2.00. The van der Waals surface area contributed by atoms with Crippen LogP contribution in [0.5, 0.6) is 5.75 Å². The number of nitrogens with zero attached hydrogens (tertiary/aromatic N) is 1. The van der Waals surface area contributed by atoms with Crippen LogP contribution in [0.15, 0.2) is 36.4 Å². The van der Waals surface area contributed by atoms with Crippen molar-refractivity contribution >= 4 is 56.5 Å². The zero-order valence-electron chi connectivity index (χ0n) is 17.9. The van der Waals surface area contributed by atoms with Gasteiger partial charge in [0.15, 0.2) is 0 Å². The summed E-state index contributed by atoms with van der Waals surface area (Å²) in [4.78, 5) is 24.1. The smallest absolute Gasteiger partial charge is 0.339 e. The lowest BCUT2D eigenvalue weighted by Gasteiger charge is -2.23. The van der Waals surface area contributed by atoms with Gasteiger partial charge in [-0.25, -0.2) is 13.2 Å². The Morgan fingerprint density at radius 2 is 1.81 bits per heavy atom. The number of rotatable bonds is 10. The number of carbonyl (C=O) groups excluding carboxylic acids is 2. The Bertz CT molecular complexity index is 1090. The van der Waals surface area contributed by atoms with Crippen LogP contribution in [0, 0.1) is 0 Å². The Kier molecular flexibility index (Phi) is 9.18. The first-order valence-corrected chi connectivity index (χ1v) is 12.2. The van der Waals surface area contributed by atoms with Crippen LogP contribution in [-0.4, -0.2) is 46.8 Å². The van der Waals surface area contributed by atoms with E-state index in [9.17, 15) is 18.0 Å². The molecule has 2 rings (SSSR count). The van der Waals surface area contributed by atoms with Crippen LogP contribution in [-0.2, 0) is 19.6 Å². The molecule has 2 aromatic carbocycles. The van der Waals surface area contributed by atoms with Crippen LogP contribution in [0.3, 0.4) is 0 Å². The fraction of sp³-hybridized carbons (Fsp3) is 0.333. The topological polar surface area (TPSA) is 102 Å². The minimum absolute atomic E-state index is 0.0627. The lowest BCUT2D eigenvalue weighted by atomic mass is 10.2. The van der Waals surface area contributed by atoms with Crippen molar-refractivity contribution in [2.24, 2.45) is 0 Å². The second-order valence-electron chi connectivity index (χ2n) is 6.72. The molecule has 0 radical (unpaired) electrons. The van der Waals surface area contributed by atoms with E-state index in [-0.39, 0.29) is 47.5 Å². The predicted molar refractivity (Wildman–Crippen MR) is 125 cm³/mol. The van der Waals surface area contributed by atoms with E-state index in [1.54, 1.807) is 19.1 Å². The molecule has 8 nitrogen and oxygen atoms in total. The van der Waals surface area contributed by atoms with Crippen LogP contribution in [0.4, 0.5) is 11.4 Å². The average molecular weight is 503 g/mol. The summed E-state index contributed by atoms with van der Waals surface area (Å²) in [6.07, 6.45) is 1.41. The van der Waals surface area contributed by atoms with Gasteiger partial charge in [-0.3, -0.25) is 9.10 Å². The van der Waals surface area contributed by atoms with Gasteiger partial charge in [-0.1, -0.05) is 23.2 Å². The Morgan fingerprint density at radius 1 is 1.09 bits per heavy atom. The highest BCUT2D eigenvalue weighted by atomic mass is 35.5. The molecular weight excluding hydrogens is 479 g/mol. The first-order valence-electron chi connectivity index (χ1n) is 9.64. The summed E-state index contributed by atoms with van der Waals surface area (Å²) in [5.41, 5.74) is 0.989. The van der Waals surface area contributed by atoms with Crippen LogP contribution >= 0.6 is 23.2 Å². The molecule has 0 atom stereocenters. The van der Waals surface area contributed by atoms with Crippen molar-refractivity contribution in [3.05, 3.63) is 52.0 Å². The third kappa shape index (κ3) is 7.01. The molecule has 0 saturated heterocycles. The van der Waals surface area contributed by atoms with Gasteiger partial charge in [-0.05, 0) is 49.7 Å². The van der Waals surface area contributed by atoms with E-state index in [1.807, 2.05) is 0 Å². The van der Waals surface area contributed by atoms with Crippen molar-refractivity contribution in [3.8, 4) is 5.75 Å². The Labute approximate surface area is 197 Å². The number of esters is 1. The van der Waals surface area contributed by atoms with E-state index < -0.39 is 16.0 Å². The summed E-state index contributed by atoms with van der Waals surface area (Å²) >= 11 is 12.2. The molecule has 0 aromatic heterocycles. The number of hydrogen-bond donors (Lipinski definition) is 1. The van der Waals surface area contributed by atoms with Crippen LogP contribution < -0.4 is 14.4 Å². The maximum atomic E-state index is 12.3. The largest absolute Gasteiger partial charge is 0.495 e. The minimum atomic E-state index is -3.59. The van der Waals surface area contributed by atoms with Gasteiger partial charge < -0.3 is 14.8 Å². The number of anilines is 2. The van der Waals surface area contributed by atoms with Crippen LogP contribution in [0.25, 0.3) is 0 Å². The normalized spacial score (nSPS) is 11.0. The molecule has 0 aliphatic carbocycles. The molecule has 0 saturated carbocycles. The number of sulfonamides is 1. The molecule has 0 fully saturated rings. The van der Waals surface area contributed by atoms with Crippen molar-refractivity contribution in [1.82, 2.24) is 0 Å². The third-order valence-electron chi connectivity index (χ3n) is 4.34. The molecular formula is C21H24Cl2N2O6S. The number of benzene rings is 2. The fourth-order valence-corrected chi connectivity index (χ4v) is 4.34. The quantitative estimate of drug-likeness (QED) is 0.484. The van der Waals surface area contributed by atoms with E-state index >= 15 is 0 Å². The summed E-state index contributed by atoms with van der Waals surface area (Å²) in [5.74, 6) is -0.447. The number of amides is 1. The summed E-state index contributed by atoms with van der Waals surface area (Å²) in [6.45, 7) is 1.99. The van der Waals surface area contributed by atoms with Crippen LogP contribution in [0.2, 0.25) is 10.0 Å². The Morgan fingerprint density at radius 3 is 2.38 bits per heavy atom. The number of hydrogen-bond acceptors (Lipinski definition) is 6. The van der Waals surface area contributed by atoms with E-state index in [4.69, 9.17) is 32.7 Å². The second-order valence-corrected chi connectivity index (χ2v) is 9.44. The summed E-state index contributed by atoms with van der Waals surface area (Å²) in [7, 11) is -2.13. The van der Waals surface area contributed by atoms with Gasteiger partial charge in [0, 0.05) is 18.7 Å². The highest BCUT2D eigenvalue weighted by Gasteiger charge is 2.19. The molecule has 0 heterocycles. The molecule has 11 heteroatoms. The van der Waals surface area contributed by atoms with Gasteiger partial charge in [0.25, 0.3) is 0 Å². The molecule has 32 heavy (non-hydrogen) atoms. The number of methoxy groups -OCH3 is 1. The summed E-state index contributed by atoms with van der Waals surface area (Å²) in [5, 5.41) is 3.11. The maximum absolute atomic E-state index is 12.3. The fourth-order valence-electron chi connectivity index (χ4n) is 2.87. The SMILES string of the molecule is CCOC(=O)c1ccc(NC(=O)CCCN(c2ccc(OC)c(Cl)c2)S(C)(=O)=O)cc1Cl. The zero-order valence-corrected chi connectivity index (χ0v) is 20.2. The van der Waals surface area contributed by atoms with Gasteiger partial charge >= 0.3 is 5.97 Å². The van der Waals surface area contributed by atoms with Gasteiger partial charge in [-0.2, -0.15) is 0 Å². The lowest BCUT2D eigenvalue weighted by molar-refractivity contribution is -0.116. The number of nitrogens with one attached hydrogen (secondary N) is 1. The second kappa shape index (κ2) is 11.4. The van der Waals surface area contributed by atoms with E-state index in [1.165, 1.54) is 35.7 Å². The molecule has 0 bridgehead atoms. The average Bonchev–Trinajstić information content (AvgIpc) is 2.70. The van der Waals surface area contributed by atoms with Gasteiger partial charge in [-0.15, -0.1) is 0 Å². The van der Waals surface area contributed by atoms with E-state index in [0.29, 0.717) is 17.1 Å². The van der Waals surface area contributed by atoms with Gasteiger partial charge in [0.2, 0.25) is 15.9 Å². The third-order valence-corrected chi connectivity index (χ3v) is 6.14. The highest BCUT2D eigenvalue weighted by Crippen LogP contribution is 2.30. The van der Waals surface area contributed by atoms with E-state index in [0.717, 1.165) is 6.26 Å². The molecule has 0 aliphatic heterocycles. The molecule has 1 N–H and O–H groups in total. The highest BCUT2D eigenvalue weighted by molar-refractivity contribution is 7.92. The predicted octanol–water partition coefficient (Wildman–Crippen LogP) is 4.36. The summed E-state index contributed by atoms with van der Waals surface area (Å²) in [6, 6.07) is 9.11. The van der Waals surface area contributed by atoms with Gasteiger partial charge in [0.05, 0.1) is 41.3 Å². The first kappa shape index (κ1) is 25.8. The van der Waals surface area contributed by atoms with Crippen molar-refractivity contribution in [1.29, 1.82) is 0 Å². The van der Waals surface area contributed by atoms with Crippen LogP contribution in [0.1, 0.15) is 30.1 Å². The van der Waals surface area contributed by atoms with Crippen molar-refractivity contribution in [3.63, 3.8) is 0 Å². The molecule has 0 spiro atoms. The first-order chi connectivity index (χ1) is 15.1. The molecule has 1 amide bonds. The van der Waals surface area contributed by atoms with Gasteiger partial charge in [0.1, 0.15) is 5.75 Å².